The predicted molar refractivity (Wildman–Crippen MR) is 92.5 cm³/mol. The molecule has 0 atom stereocenters. The third-order valence-electron chi connectivity index (χ3n) is 3.39. The van der Waals surface area contributed by atoms with Gasteiger partial charge in [-0.15, -0.1) is 0 Å². The Morgan fingerprint density at radius 1 is 1.26 bits per heavy atom. The Kier molecular flexibility index (Phi) is 5.26. The maximum atomic E-state index is 11.4. The number of hydrogen-bond acceptors (Lipinski definition) is 6. The molecule has 0 unspecified atom stereocenters. The maximum absolute atomic E-state index is 11.4. The maximum Gasteiger partial charge on any atom is 0.343 e. The van der Waals surface area contributed by atoms with Crippen molar-refractivity contribution >= 4 is 23.5 Å². The molecule has 0 aliphatic rings. The third-order valence-corrected chi connectivity index (χ3v) is 4.32. The lowest BCUT2D eigenvalue weighted by Gasteiger charge is -2.19. The van der Waals surface area contributed by atoms with Crippen LogP contribution in [0.5, 0.6) is 0 Å². The first-order valence-electron chi connectivity index (χ1n) is 7.24. The second-order valence-corrected chi connectivity index (χ2v) is 7.12. The SMILES string of the molecule is COC(=O)c1cnc(SCc2ccc(C(C)(C)C)cc2)nc1N. The monoisotopic (exact) mass is 331 g/mol. The fourth-order valence-electron chi connectivity index (χ4n) is 1.96. The molecule has 1 aromatic carbocycles. The Balaban J connectivity index is 2.04. The molecule has 2 aromatic rings. The zero-order chi connectivity index (χ0) is 17.0. The summed E-state index contributed by atoms with van der Waals surface area (Å²) in [6, 6.07) is 8.51. The van der Waals surface area contributed by atoms with E-state index in [1.54, 1.807) is 0 Å². The molecule has 122 valence electrons. The van der Waals surface area contributed by atoms with Gasteiger partial charge in [-0.1, -0.05) is 56.8 Å². The standard InChI is InChI=1S/C17H21N3O2S/c1-17(2,3)12-7-5-11(6-8-12)10-23-16-19-9-13(14(18)20-16)15(21)22-4/h5-9H,10H2,1-4H3,(H2,18,19,20). The molecular formula is C17H21N3O2S. The van der Waals surface area contributed by atoms with Crippen molar-refractivity contribution in [2.45, 2.75) is 37.1 Å². The van der Waals surface area contributed by atoms with Crippen molar-refractivity contribution in [2.75, 3.05) is 12.8 Å². The molecular weight excluding hydrogens is 310 g/mol. The fourth-order valence-corrected chi connectivity index (χ4v) is 2.74. The second kappa shape index (κ2) is 7.00. The molecule has 23 heavy (non-hydrogen) atoms. The zero-order valence-electron chi connectivity index (χ0n) is 13.8. The van der Waals surface area contributed by atoms with Gasteiger partial charge in [0.2, 0.25) is 0 Å². The van der Waals surface area contributed by atoms with Gasteiger partial charge in [0.25, 0.3) is 0 Å². The van der Waals surface area contributed by atoms with E-state index in [2.05, 4.69) is 59.7 Å². The van der Waals surface area contributed by atoms with Crippen molar-refractivity contribution < 1.29 is 9.53 Å². The lowest BCUT2D eigenvalue weighted by atomic mass is 9.87. The molecule has 5 nitrogen and oxygen atoms in total. The molecule has 0 amide bonds. The second-order valence-electron chi connectivity index (χ2n) is 6.18. The summed E-state index contributed by atoms with van der Waals surface area (Å²) < 4.78 is 4.62. The molecule has 0 aliphatic heterocycles. The van der Waals surface area contributed by atoms with Crippen LogP contribution in [0.1, 0.15) is 42.3 Å². The summed E-state index contributed by atoms with van der Waals surface area (Å²) in [7, 11) is 1.30. The van der Waals surface area contributed by atoms with Gasteiger partial charge in [0.1, 0.15) is 11.4 Å². The highest BCUT2D eigenvalue weighted by atomic mass is 32.2. The van der Waals surface area contributed by atoms with Crippen LogP contribution in [-0.4, -0.2) is 23.0 Å². The molecule has 0 fully saturated rings. The highest BCUT2D eigenvalue weighted by molar-refractivity contribution is 7.98. The molecule has 0 saturated heterocycles. The van der Waals surface area contributed by atoms with Crippen LogP contribution in [0.2, 0.25) is 0 Å². The smallest absolute Gasteiger partial charge is 0.343 e. The summed E-state index contributed by atoms with van der Waals surface area (Å²) >= 11 is 1.47. The van der Waals surface area contributed by atoms with Crippen molar-refractivity contribution in [1.82, 2.24) is 9.97 Å². The van der Waals surface area contributed by atoms with E-state index >= 15 is 0 Å². The summed E-state index contributed by atoms with van der Waals surface area (Å²) in [5, 5.41) is 0.537. The number of carbonyl (C=O) groups is 1. The molecule has 0 aliphatic carbocycles. The van der Waals surface area contributed by atoms with E-state index in [1.807, 2.05) is 0 Å². The number of methoxy groups -OCH3 is 1. The van der Waals surface area contributed by atoms with Gasteiger partial charge in [-0.05, 0) is 16.5 Å². The minimum atomic E-state index is -0.531. The van der Waals surface area contributed by atoms with Gasteiger partial charge in [-0.25, -0.2) is 14.8 Å². The number of aromatic nitrogens is 2. The summed E-state index contributed by atoms with van der Waals surface area (Å²) in [5.74, 6) is 0.343. The van der Waals surface area contributed by atoms with Crippen LogP contribution in [0.3, 0.4) is 0 Å². The Bertz CT molecular complexity index is 694. The van der Waals surface area contributed by atoms with Crippen LogP contribution in [0.4, 0.5) is 5.82 Å². The third kappa shape index (κ3) is 4.45. The number of benzene rings is 1. The first kappa shape index (κ1) is 17.3. The van der Waals surface area contributed by atoms with Crippen LogP contribution >= 0.6 is 11.8 Å². The van der Waals surface area contributed by atoms with Crippen molar-refractivity contribution in [3.63, 3.8) is 0 Å². The lowest BCUT2D eigenvalue weighted by Crippen LogP contribution is -2.10. The number of nitrogens with zero attached hydrogens (tertiary/aromatic N) is 2. The minimum Gasteiger partial charge on any atom is -0.465 e. The minimum absolute atomic E-state index is 0.137. The van der Waals surface area contributed by atoms with Crippen LogP contribution in [0.25, 0.3) is 0 Å². The number of hydrogen-bond donors (Lipinski definition) is 1. The Hall–Kier alpha value is -2.08. The number of nitrogen functional groups attached to an aromatic ring is 1. The molecule has 0 saturated carbocycles. The molecule has 0 radical (unpaired) electrons. The Morgan fingerprint density at radius 3 is 2.43 bits per heavy atom. The van der Waals surface area contributed by atoms with E-state index in [-0.39, 0.29) is 16.8 Å². The zero-order valence-corrected chi connectivity index (χ0v) is 14.6. The molecule has 0 bridgehead atoms. The van der Waals surface area contributed by atoms with E-state index in [9.17, 15) is 4.79 Å². The van der Waals surface area contributed by atoms with E-state index in [4.69, 9.17) is 5.73 Å². The molecule has 2 rings (SSSR count). The van der Waals surface area contributed by atoms with Gasteiger partial charge in [0.15, 0.2) is 5.16 Å². The van der Waals surface area contributed by atoms with E-state index < -0.39 is 5.97 Å². The van der Waals surface area contributed by atoms with Crippen molar-refractivity contribution in [2.24, 2.45) is 0 Å². The van der Waals surface area contributed by atoms with Crippen LogP contribution in [0.15, 0.2) is 35.6 Å². The number of esters is 1. The van der Waals surface area contributed by atoms with Gasteiger partial charge < -0.3 is 10.5 Å². The van der Waals surface area contributed by atoms with Crippen LogP contribution in [0, 0.1) is 0 Å². The van der Waals surface area contributed by atoms with E-state index in [0.717, 1.165) is 5.75 Å². The average Bonchev–Trinajstić information content (AvgIpc) is 2.52. The van der Waals surface area contributed by atoms with Crippen LogP contribution in [-0.2, 0) is 15.9 Å². The number of nitrogens with two attached hydrogens (primary N) is 1. The lowest BCUT2D eigenvalue weighted by molar-refractivity contribution is 0.0601. The van der Waals surface area contributed by atoms with Crippen molar-refractivity contribution in [3.05, 3.63) is 47.2 Å². The van der Waals surface area contributed by atoms with E-state index in [0.29, 0.717) is 5.16 Å². The Morgan fingerprint density at radius 2 is 1.91 bits per heavy atom. The van der Waals surface area contributed by atoms with Gasteiger partial charge >= 0.3 is 5.97 Å². The number of ether oxygens (including phenoxy) is 1. The van der Waals surface area contributed by atoms with Gasteiger partial charge in [-0.3, -0.25) is 0 Å². The topological polar surface area (TPSA) is 78.1 Å². The first-order chi connectivity index (χ1) is 10.8. The number of carbonyl (C=O) groups excluding carboxylic acids is 1. The molecule has 0 spiro atoms. The quantitative estimate of drug-likeness (QED) is 0.525. The van der Waals surface area contributed by atoms with Gasteiger partial charge in [0, 0.05) is 11.9 Å². The summed E-state index contributed by atoms with van der Waals surface area (Å²) in [4.78, 5) is 19.7. The number of thioether (sulfide) groups is 1. The van der Waals surface area contributed by atoms with Crippen LogP contribution < -0.4 is 5.73 Å². The summed E-state index contributed by atoms with van der Waals surface area (Å²) in [6.07, 6.45) is 1.40. The van der Waals surface area contributed by atoms with Crippen molar-refractivity contribution in [1.29, 1.82) is 0 Å². The highest BCUT2D eigenvalue weighted by Gasteiger charge is 2.14. The molecule has 2 N–H and O–H groups in total. The molecule has 1 aromatic heterocycles. The number of anilines is 1. The molecule has 1 heterocycles. The summed E-state index contributed by atoms with van der Waals surface area (Å²) in [5.41, 5.74) is 8.58. The Labute approximate surface area is 140 Å². The largest absolute Gasteiger partial charge is 0.465 e. The van der Waals surface area contributed by atoms with Gasteiger partial charge in [-0.2, -0.15) is 0 Å². The normalized spacial score (nSPS) is 11.3. The number of rotatable bonds is 4. The fraction of sp³-hybridized carbons (Fsp3) is 0.353. The average molecular weight is 331 g/mol. The highest BCUT2D eigenvalue weighted by Crippen LogP contribution is 2.25. The van der Waals surface area contributed by atoms with Gasteiger partial charge in [0.05, 0.1) is 7.11 Å². The molecule has 6 heteroatoms. The van der Waals surface area contributed by atoms with E-state index in [1.165, 1.54) is 36.2 Å². The predicted octanol–water partition coefficient (Wildman–Crippen LogP) is 3.44. The first-order valence-corrected chi connectivity index (χ1v) is 8.23. The summed E-state index contributed by atoms with van der Waals surface area (Å²) in [6.45, 7) is 6.57. The van der Waals surface area contributed by atoms with Crippen molar-refractivity contribution in [3.8, 4) is 0 Å².